The molecule has 0 aromatic heterocycles. The number of nitrogens with one attached hydrogen (secondary N) is 1. The molecule has 0 radical (unpaired) electrons. The third-order valence-electron chi connectivity index (χ3n) is 3.90. The average molecular weight is 326 g/mol. The maximum absolute atomic E-state index is 11.2. The van der Waals surface area contributed by atoms with E-state index in [0.717, 1.165) is 31.8 Å². The average Bonchev–Trinajstić information content (AvgIpc) is 2.53. The molecule has 1 aromatic carbocycles. The van der Waals surface area contributed by atoms with E-state index >= 15 is 0 Å². The molecule has 0 saturated carbocycles. The Hall–Kier alpha value is -1.31. The van der Waals surface area contributed by atoms with Crippen LogP contribution in [0.4, 0.5) is 11.4 Å². The van der Waals surface area contributed by atoms with Crippen LogP contribution in [-0.4, -0.2) is 40.3 Å². The highest BCUT2D eigenvalue weighted by Crippen LogP contribution is 2.36. The lowest BCUT2D eigenvalue weighted by atomic mass is 9.98. The molecule has 1 aliphatic rings. The van der Waals surface area contributed by atoms with Crippen LogP contribution in [0.25, 0.3) is 0 Å². The van der Waals surface area contributed by atoms with Crippen molar-refractivity contribution < 1.29 is 14.8 Å². The van der Waals surface area contributed by atoms with Crippen molar-refractivity contribution in [2.24, 2.45) is 0 Å². The molecule has 1 fully saturated rings. The number of ether oxygens (including phenoxy) is 1. The van der Waals surface area contributed by atoms with Crippen molar-refractivity contribution >= 4 is 23.1 Å². The number of aliphatic hydroxyl groups is 1. The van der Waals surface area contributed by atoms with Gasteiger partial charge in [0.2, 0.25) is 0 Å². The van der Waals surface area contributed by atoms with Gasteiger partial charge in [0.25, 0.3) is 5.69 Å². The van der Waals surface area contributed by atoms with Gasteiger partial charge >= 0.3 is 0 Å². The quantitative estimate of drug-likeness (QED) is 0.592. The molecule has 1 heterocycles. The van der Waals surface area contributed by atoms with E-state index in [1.54, 1.807) is 12.1 Å². The first kappa shape index (κ1) is 17.1. The third kappa shape index (κ3) is 4.12. The van der Waals surface area contributed by atoms with Crippen LogP contribution in [0.2, 0.25) is 0 Å². The van der Waals surface area contributed by atoms with Crippen molar-refractivity contribution in [3.8, 4) is 0 Å². The Morgan fingerprint density at radius 3 is 2.77 bits per heavy atom. The summed E-state index contributed by atoms with van der Waals surface area (Å²) >= 11 is 1.88. The molecule has 0 spiro atoms. The van der Waals surface area contributed by atoms with Crippen LogP contribution < -0.4 is 5.32 Å². The molecule has 22 heavy (non-hydrogen) atoms. The van der Waals surface area contributed by atoms with Crippen molar-refractivity contribution in [3.63, 3.8) is 0 Å². The van der Waals surface area contributed by atoms with Gasteiger partial charge < -0.3 is 15.2 Å². The zero-order valence-corrected chi connectivity index (χ0v) is 13.5. The first-order chi connectivity index (χ1) is 10.6. The molecular weight excluding hydrogens is 304 g/mol. The van der Waals surface area contributed by atoms with Crippen molar-refractivity contribution in [3.05, 3.63) is 33.9 Å². The molecule has 7 heteroatoms. The van der Waals surface area contributed by atoms with Gasteiger partial charge in [-0.2, -0.15) is 11.8 Å². The largest absolute Gasteiger partial charge is 0.392 e. The molecule has 1 aromatic rings. The van der Waals surface area contributed by atoms with Crippen molar-refractivity contribution in [1.29, 1.82) is 0 Å². The van der Waals surface area contributed by atoms with Crippen LogP contribution in [0.5, 0.6) is 0 Å². The summed E-state index contributed by atoms with van der Waals surface area (Å²) in [7, 11) is 0. The fraction of sp³-hybridized carbons (Fsp3) is 0.600. The summed E-state index contributed by atoms with van der Waals surface area (Å²) < 4.78 is 5.49. The van der Waals surface area contributed by atoms with Gasteiger partial charge in [-0.3, -0.25) is 10.1 Å². The number of hydrogen-bond donors (Lipinski definition) is 2. The zero-order chi connectivity index (χ0) is 16.0. The fourth-order valence-corrected chi connectivity index (χ4v) is 3.90. The maximum Gasteiger partial charge on any atom is 0.292 e. The van der Waals surface area contributed by atoms with Gasteiger partial charge in [-0.25, -0.2) is 0 Å². The molecule has 2 rings (SSSR count). The Morgan fingerprint density at radius 1 is 1.45 bits per heavy atom. The molecule has 6 nitrogen and oxygen atoms in total. The Labute approximate surface area is 134 Å². The molecule has 0 atom stereocenters. The van der Waals surface area contributed by atoms with Crippen LogP contribution in [0.1, 0.15) is 25.3 Å². The van der Waals surface area contributed by atoms with Gasteiger partial charge in [-0.05, 0) is 36.3 Å². The number of aliphatic hydroxyl groups excluding tert-OH is 1. The molecule has 0 aliphatic carbocycles. The highest BCUT2D eigenvalue weighted by Gasteiger charge is 2.33. The minimum atomic E-state index is -0.396. The van der Waals surface area contributed by atoms with Crippen LogP contribution >= 0.6 is 11.8 Å². The summed E-state index contributed by atoms with van der Waals surface area (Å²) in [5, 5.41) is 23.6. The van der Waals surface area contributed by atoms with E-state index in [9.17, 15) is 15.2 Å². The van der Waals surface area contributed by atoms with Gasteiger partial charge in [0, 0.05) is 30.6 Å². The van der Waals surface area contributed by atoms with Gasteiger partial charge in [0.1, 0.15) is 5.69 Å². The topological polar surface area (TPSA) is 84.6 Å². The van der Waals surface area contributed by atoms with Gasteiger partial charge in [0.15, 0.2) is 0 Å². The number of nitrogens with zero attached hydrogens (tertiary/aromatic N) is 1. The summed E-state index contributed by atoms with van der Waals surface area (Å²) in [6, 6.07) is 4.67. The number of anilines is 1. The number of rotatable bonds is 7. The highest BCUT2D eigenvalue weighted by molar-refractivity contribution is 8.00. The predicted octanol–water partition coefficient (Wildman–Crippen LogP) is 2.80. The van der Waals surface area contributed by atoms with E-state index in [4.69, 9.17) is 4.74 Å². The zero-order valence-electron chi connectivity index (χ0n) is 12.7. The number of nitro benzene ring substituents is 1. The number of hydrogen-bond acceptors (Lipinski definition) is 6. The summed E-state index contributed by atoms with van der Waals surface area (Å²) in [6.45, 7) is 4.11. The van der Waals surface area contributed by atoms with E-state index < -0.39 is 4.92 Å². The predicted molar refractivity (Wildman–Crippen MR) is 88.4 cm³/mol. The standard InChI is InChI=1S/C15H22N2O4S/c1-2-22-15(5-7-21-8-6-15)11-16-13-9-12(10-18)3-4-14(13)17(19)20/h3-4,9,16,18H,2,5-8,10-11H2,1H3. The van der Waals surface area contributed by atoms with E-state index in [1.807, 2.05) is 11.8 Å². The Balaban J connectivity index is 2.16. The number of nitro groups is 1. The Bertz CT molecular complexity index is 513. The lowest BCUT2D eigenvalue weighted by Gasteiger charge is -2.36. The Kier molecular flexibility index (Phi) is 6.05. The fourth-order valence-electron chi connectivity index (χ4n) is 2.66. The minimum absolute atomic E-state index is 0.0425. The summed E-state index contributed by atoms with van der Waals surface area (Å²) in [5.41, 5.74) is 1.18. The van der Waals surface area contributed by atoms with E-state index in [1.165, 1.54) is 6.07 Å². The second-order valence-corrected chi connectivity index (χ2v) is 7.08. The SMILES string of the molecule is CCSC1(CNc2cc(CO)ccc2[N+](=O)[O-])CCOCC1. The van der Waals surface area contributed by atoms with Crippen LogP contribution in [0.15, 0.2) is 18.2 Å². The van der Waals surface area contributed by atoms with Crippen molar-refractivity contribution in [2.45, 2.75) is 31.1 Å². The van der Waals surface area contributed by atoms with Crippen LogP contribution in [0, 0.1) is 10.1 Å². The summed E-state index contributed by atoms with van der Waals surface area (Å²) in [6.07, 6.45) is 1.87. The van der Waals surface area contributed by atoms with Crippen LogP contribution in [0.3, 0.4) is 0 Å². The van der Waals surface area contributed by atoms with E-state index in [-0.39, 0.29) is 17.0 Å². The second kappa shape index (κ2) is 7.80. The first-order valence-corrected chi connectivity index (χ1v) is 8.42. The van der Waals surface area contributed by atoms with E-state index in [2.05, 4.69) is 12.2 Å². The van der Waals surface area contributed by atoms with Crippen LogP contribution in [-0.2, 0) is 11.3 Å². The van der Waals surface area contributed by atoms with Crippen molar-refractivity contribution in [1.82, 2.24) is 0 Å². The monoisotopic (exact) mass is 326 g/mol. The van der Waals surface area contributed by atoms with Gasteiger partial charge in [-0.1, -0.05) is 6.92 Å². The van der Waals surface area contributed by atoms with E-state index in [0.29, 0.717) is 17.8 Å². The summed E-state index contributed by atoms with van der Waals surface area (Å²) in [4.78, 5) is 10.8. The first-order valence-electron chi connectivity index (χ1n) is 7.44. The van der Waals surface area contributed by atoms with Crippen molar-refractivity contribution in [2.75, 3.05) is 30.8 Å². The lowest BCUT2D eigenvalue weighted by molar-refractivity contribution is -0.384. The van der Waals surface area contributed by atoms with Gasteiger partial charge in [-0.15, -0.1) is 0 Å². The van der Waals surface area contributed by atoms with Gasteiger partial charge in [0.05, 0.1) is 11.5 Å². The lowest BCUT2D eigenvalue weighted by Crippen LogP contribution is -2.39. The summed E-state index contributed by atoms with van der Waals surface area (Å²) in [5.74, 6) is 1.00. The highest BCUT2D eigenvalue weighted by atomic mass is 32.2. The normalized spacial score (nSPS) is 17.2. The Morgan fingerprint density at radius 2 is 2.18 bits per heavy atom. The minimum Gasteiger partial charge on any atom is -0.392 e. The molecule has 122 valence electrons. The molecule has 0 bridgehead atoms. The molecule has 2 N–H and O–H groups in total. The second-order valence-electron chi connectivity index (χ2n) is 5.35. The number of benzene rings is 1. The smallest absolute Gasteiger partial charge is 0.292 e. The molecule has 0 unspecified atom stereocenters. The third-order valence-corrected chi connectivity index (χ3v) is 5.35. The molecule has 0 amide bonds. The molecule has 1 saturated heterocycles. The molecule has 1 aliphatic heterocycles. The number of thioether (sulfide) groups is 1. The maximum atomic E-state index is 11.2. The molecular formula is C15H22N2O4S.